The highest BCUT2D eigenvalue weighted by molar-refractivity contribution is 6.17. The Morgan fingerprint density at radius 3 is 2.53 bits per heavy atom. The Morgan fingerprint density at radius 1 is 1.11 bits per heavy atom. The van der Waals surface area contributed by atoms with Crippen molar-refractivity contribution in [1.82, 2.24) is 9.55 Å². The fourth-order valence-corrected chi connectivity index (χ4v) is 2.34. The lowest BCUT2D eigenvalue weighted by atomic mass is 10.0. The zero-order valence-electron chi connectivity index (χ0n) is 10.5. The third kappa shape index (κ3) is 2.46. The van der Waals surface area contributed by atoms with E-state index in [0.717, 1.165) is 22.2 Å². The normalized spacial score (nSPS) is 10.4. The Hall–Kier alpha value is -1.51. The monoisotopic (exact) mass is 292 g/mol. The van der Waals surface area contributed by atoms with E-state index in [0.29, 0.717) is 5.88 Å². The molecule has 19 heavy (non-hydrogen) atoms. The summed E-state index contributed by atoms with van der Waals surface area (Å²) in [5.41, 5.74) is 5.66. The van der Waals surface area contributed by atoms with Gasteiger partial charge in [0.2, 0.25) is 0 Å². The molecule has 3 rings (SSSR count). The van der Waals surface area contributed by atoms with Crippen LogP contribution in [0.2, 0.25) is 0 Å². The second-order valence-corrected chi connectivity index (χ2v) is 4.63. The smallest absolute Gasteiger partial charge is 0.0962 e. The van der Waals surface area contributed by atoms with E-state index in [4.69, 9.17) is 11.6 Å². The van der Waals surface area contributed by atoms with Gasteiger partial charge in [-0.05, 0) is 17.2 Å². The van der Waals surface area contributed by atoms with E-state index in [-0.39, 0.29) is 12.4 Å². The predicted molar refractivity (Wildman–Crippen MR) is 83.0 cm³/mol. The molecule has 2 aromatic carbocycles. The highest BCUT2D eigenvalue weighted by Gasteiger charge is 2.07. The number of alkyl halides is 1. The maximum absolute atomic E-state index is 5.81. The van der Waals surface area contributed by atoms with Crippen LogP contribution in [0.3, 0.4) is 0 Å². The van der Waals surface area contributed by atoms with Crippen molar-refractivity contribution in [2.45, 2.75) is 5.88 Å². The molecule has 98 valence electrons. The highest BCUT2D eigenvalue weighted by atomic mass is 35.5. The minimum absolute atomic E-state index is 0. The number of fused-ring (bicyclic) bond motifs is 1. The van der Waals surface area contributed by atoms with E-state index in [1.165, 1.54) is 5.56 Å². The zero-order chi connectivity index (χ0) is 12.5. The van der Waals surface area contributed by atoms with Gasteiger partial charge in [0.15, 0.2) is 0 Å². The second kappa shape index (κ2) is 5.64. The molecule has 0 fully saturated rings. The van der Waals surface area contributed by atoms with Crippen LogP contribution in [0.5, 0.6) is 0 Å². The molecule has 0 aliphatic rings. The van der Waals surface area contributed by atoms with Gasteiger partial charge in [-0.2, -0.15) is 0 Å². The molecule has 0 radical (unpaired) electrons. The van der Waals surface area contributed by atoms with Crippen LogP contribution in [0, 0.1) is 0 Å². The number of rotatable bonds is 2. The number of halogens is 2. The number of nitrogens with zero attached hydrogens (tertiary/aromatic N) is 2. The van der Waals surface area contributed by atoms with E-state index in [1.54, 1.807) is 0 Å². The molecule has 0 unspecified atom stereocenters. The van der Waals surface area contributed by atoms with Crippen molar-refractivity contribution in [2.75, 3.05) is 0 Å². The first-order valence-corrected chi connectivity index (χ1v) is 6.38. The van der Waals surface area contributed by atoms with Gasteiger partial charge in [0.05, 0.1) is 17.4 Å². The van der Waals surface area contributed by atoms with Crippen LogP contribution < -0.4 is 0 Å². The molecule has 0 aliphatic heterocycles. The Labute approximate surface area is 123 Å². The number of hydrogen-bond donors (Lipinski definition) is 0. The van der Waals surface area contributed by atoms with E-state index in [9.17, 15) is 0 Å². The standard InChI is InChI=1S/C15H13ClN2.ClH/c1-18-10-17-15-13(3-2-4-14(15)18)12-7-5-11(9-16)6-8-12;/h2-8,10H,9H2,1H3;1H. The van der Waals surface area contributed by atoms with Crippen molar-refractivity contribution in [3.05, 3.63) is 54.4 Å². The third-order valence-corrected chi connectivity index (χ3v) is 3.48. The summed E-state index contributed by atoms with van der Waals surface area (Å²) in [5, 5.41) is 0. The molecule has 0 spiro atoms. The van der Waals surface area contributed by atoms with Gasteiger partial charge in [0, 0.05) is 18.5 Å². The molecule has 0 saturated heterocycles. The van der Waals surface area contributed by atoms with E-state index < -0.39 is 0 Å². The molecule has 4 heteroatoms. The van der Waals surface area contributed by atoms with Gasteiger partial charge in [-0.3, -0.25) is 0 Å². The van der Waals surface area contributed by atoms with Gasteiger partial charge < -0.3 is 4.57 Å². The van der Waals surface area contributed by atoms with Crippen molar-refractivity contribution in [3.8, 4) is 11.1 Å². The predicted octanol–water partition coefficient (Wildman–Crippen LogP) is 4.40. The van der Waals surface area contributed by atoms with Crippen LogP contribution in [0.25, 0.3) is 22.2 Å². The number of aromatic nitrogens is 2. The summed E-state index contributed by atoms with van der Waals surface area (Å²) in [7, 11) is 2.01. The summed E-state index contributed by atoms with van der Waals surface area (Å²) in [4.78, 5) is 4.47. The minimum Gasteiger partial charge on any atom is -0.334 e. The molecule has 0 saturated carbocycles. The molecule has 0 aliphatic carbocycles. The summed E-state index contributed by atoms with van der Waals surface area (Å²) in [6.45, 7) is 0. The molecule has 0 N–H and O–H groups in total. The summed E-state index contributed by atoms with van der Waals surface area (Å²) < 4.78 is 2.03. The molecule has 0 bridgehead atoms. The third-order valence-electron chi connectivity index (χ3n) is 3.17. The Kier molecular flexibility index (Phi) is 4.13. The molecule has 0 atom stereocenters. The van der Waals surface area contributed by atoms with E-state index >= 15 is 0 Å². The van der Waals surface area contributed by atoms with Crippen molar-refractivity contribution in [1.29, 1.82) is 0 Å². The fraction of sp³-hybridized carbons (Fsp3) is 0.133. The number of benzene rings is 2. The molecule has 2 nitrogen and oxygen atoms in total. The fourth-order valence-electron chi connectivity index (χ4n) is 2.16. The Bertz CT molecular complexity index is 687. The van der Waals surface area contributed by atoms with Crippen LogP contribution >= 0.6 is 24.0 Å². The maximum atomic E-state index is 5.81. The van der Waals surface area contributed by atoms with Crippen LogP contribution in [-0.4, -0.2) is 9.55 Å². The lowest BCUT2D eigenvalue weighted by Gasteiger charge is -2.04. The summed E-state index contributed by atoms with van der Waals surface area (Å²) in [6.07, 6.45) is 1.85. The van der Waals surface area contributed by atoms with E-state index in [1.807, 2.05) is 17.9 Å². The van der Waals surface area contributed by atoms with E-state index in [2.05, 4.69) is 47.4 Å². The Balaban J connectivity index is 0.00000133. The number of aryl methyl sites for hydroxylation is 1. The van der Waals surface area contributed by atoms with Crippen LogP contribution in [0.15, 0.2) is 48.8 Å². The van der Waals surface area contributed by atoms with Crippen molar-refractivity contribution in [2.24, 2.45) is 7.05 Å². The van der Waals surface area contributed by atoms with Gasteiger partial charge in [-0.1, -0.05) is 36.4 Å². The average Bonchev–Trinajstić information content (AvgIpc) is 2.81. The van der Waals surface area contributed by atoms with Crippen LogP contribution in [-0.2, 0) is 12.9 Å². The van der Waals surface area contributed by atoms with Crippen LogP contribution in [0.1, 0.15) is 5.56 Å². The first-order chi connectivity index (χ1) is 8.79. The molecule has 0 amide bonds. The summed E-state index contributed by atoms with van der Waals surface area (Å²) >= 11 is 5.81. The summed E-state index contributed by atoms with van der Waals surface area (Å²) in [6, 6.07) is 14.6. The quantitative estimate of drug-likeness (QED) is 0.640. The number of hydrogen-bond acceptors (Lipinski definition) is 1. The molecule has 1 aromatic heterocycles. The maximum Gasteiger partial charge on any atom is 0.0962 e. The number of para-hydroxylation sites is 1. The first kappa shape index (κ1) is 13.9. The van der Waals surface area contributed by atoms with Gasteiger partial charge >= 0.3 is 0 Å². The topological polar surface area (TPSA) is 17.8 Å². The van der Waals surface area contributed by atoms with Gasteiger partial charge in [0.25, 0.3) is 0 Å². The largest absolute Gasteiger partial charge is 0.334 e. The second-order valence-electron chi connectivity index (χ2n) is 4.36. The van der Waals surface area contributed by atoms with Gasteiger partial charge in [0.1, 0.15) is 0 Å². The summed E-state index contributed by atoms with van der Waals surface area (Å²) in [5.74, 6) is 0.550. The lowest BCUT2D eigenvalue weighted by Crippen LogP contribution is -1.85. The first-order valence-electron chi connectivity index (χ1n) is 5.85. The molecule has 3 aromatic rings. The molecule has 1 heterocycles. The van der Waals surface area contributed by atoms with Crippen molar-refractivity contribution >= 4 is 35.0 Å². The van der Waals surface area contributed by atoms with Gasteiger partial charge in [-0.25, -0.2) is 4.98 Å². The number of imidazole rings is 1. The SMILES string of the molecule is Cl.Cn1cnc2c(-c3ccc(CCl)cc3)cccc21. The lowest BCUT2D eigenvalue weighted by molar-refractivity contribution is 0.948. The highest BCUT2D eigenvalue weighted by Crippen LogP contribution is 2.27. The average molecular weight is 293 g/mol. The molecular weight excluding hydrogens is 279 g/mol. The zero-order valence-corrected chi connectivity index (χ0v) is 12.1. The van der Waals surface area contributed by atoms with Gasteiger partial charge in [-0.15, -0.1) is 24.0 Å². The molecular formula is C15H14Cl2N2. The van der Waals surface area contributed by atoms with Crippen molar-refractivity contribution < 1.29 is 0 Å². The Morgan fingerprint density at radius 2 is 1.84 bits per heavy atom. The van der Waals surface area contributed by atoms with Crippen LogP contribution in [0.4, 0.5) is 0 Å². The van der Waals surface area contributed by atoms with Crippen molar-refractivity contribution in [3.63, 3.8) is 0 Å². The minimum atomic E-state index is 0.